The van der Waals surface area contributed by atoms with Crippen molar-refractivity contribution in [2.45, 2.75) is 103 Å². The van der Waals surface area contributed by atoms with E-state index >= 15 is 0 Å². The summed E-state index contributed by atoms with van der Waals surface area (Å²) in [5.74, 6) is 1.48. The molecule has 2 aromatic carbocycles. The van der Waals surface area contributed by atoms with Gasteiger partial charge >= 0.3 is 0 Å². The number of aryl methyl sites for hydroxylation is 1. The molecule has 0 spiro atoms. The van der Waals surface area contributed by atoms with E-state index in [1.165, 1.54) is 43.2 Å². The van der Waals surface area contributed by atoms with E-state index in [0.29, 0.717) is 24.0 Å². The topological polar surface area (TPSA) is 41.4 Å². The maximum Gasteiger partial charge on any atom is 0.228 e. The SMILES string of the molecule is CCC(C)(C)C(=O)N1CCC(CCN2[C@@H]3CC[C@H]2C[C@@H](n2c(C)nc4ccccc42)C3)(c2ccccc2)CC1. The summed E-state index contributed by atoms with van der Waals surface area (Å²) in [6.45, 7) is 11.4. The van der Waals surface area contributed by atoms with Crippen LogP contribution < -0.4 is 0 Å². The predicted octanol–water partition coefficient (Wildman–Crippen LogP) is 6.90. The number of fused-ring (bicyclic) bond motifs is 3. The normalized spacial score (nSPS) is 25.3. The fraction of sp³-hybridized carbons (Fsp3) is 0.588. The van der Waals surface area contributed by atoms with E-state index in [1.807, 2.05) is 0 Å². The second-order valence-electron chi connectivity index (χ2n) is 13.2. The van der Waals surface area contributed by atoms with Gasteiger partial charge in [-0.2, -0.15) is 0 Å². The molecule has 6 rings (SSSR count). The largest absolute Gasteiger partial charge is 0.342 e. The van der Waals surface area contributed by atoms with Crippen LogP contribution in [0.2, 0.25) is 0 Å². The lowest BCUT2D eigenvalue weighted by Crippen LogP contribution is -2.51. The smallest absolute Gasteiger partial charge is 0.228 e. The first-order chi connectivity index (χ1) is 18.8. The Balaban J connectivity index is 1.17. The molecular formula is C34H46N4O. The predicted molar refractivity (Wildman–Crippen MR) is 159 cm³/mol. The van der Waals surface area contributed by atoms with Gasteiger partial charge < -0.3 is 9.47 Å². The molecule has 0 radical (unpaired) electrons. The van der Waals surface area contributed by atoms with Gasteiger partial charge in [0.1, 0.15) is 5.82 Å². The number of carbonyl (C=O) groups is 1. The molecule has 0 aliphatic carbocycles. The van der Waals surface area contributed by atoms with Crippen molar-refractivity contribution in [2.75, 3.05) is 19.6 Å². The van der Waals surface area contributed by atoms with Crippen LogP contribution in [0.15, 0.2) is 54.6 Å². The lowest BCUT2D eigenvalue weighted by Gasteiger charge is -2.46. The van der Waals surface area contributed by atoms with Gasteiger partial charge in [-0.1, -0.05) is 63.2 Å². The third-order valence-electron chi connectivity index (χ3n) is 10.7. The highest BCUT2D eigenvalue weighted by Gasteiger charge is 2.44. The van der Waals surface area contributed by atoms with Gasteiger partial charge in [0, 0.05) is 36.6 Å². The van der Waals surface area contributed by atoms with Crippen LogP contribution in [0.4, 0.5) is 0 Å². The van der Waals surface area contributed by atoms with Gasteiger partial charge in [-0.25, -0.2) is 4.98 Å². The van der Waals surface area contributed by atoms with Crippen molar-refractivity contribution < 1.29 is 4.79 Å². The Kier molecular flexibility index (Phi) is 7.07. The zero-order valence-electron chi connectivity index (χ0n) is 24.4. The molecule has 0 N–H and O–H groups in total. The molecular weight excluding hydrogens is 480 g/mol. The quantitative estimate of drug-likeness (QED) is 0.336. The van der Waals surface area contributed by atoms with Crippen molar-refractivity contribution in [1.82, 2.24) is 19.4 Å². The van der Waals surface area contributed by atoms with E-state index in [0.717, 1.165) is 50.2 Å². The first-order valence-electron chi connectivity index (χ1n) is 15.4. The number of rotatable bonds is 7. The van der Waals surface area contributed by atoms with E-state index in [1.54, 1.807) is 0 Å². The van der Waals surface area contributed by atoms with Gasteiger partial charge in [-0.15, -0.1) is 0 Å². The van der Waals surface area contributed by atoms with Gasteiger partial charge in [0.25, 0.3) is 0 Å². The molecule has 39 heavy (non-hydrogen) atoms. The number of imidazole rings is 1. The third kappa shape index (κ3) is 4.81. The maximum absolute atomic E-state index is 13.2. The second kappa shape index (κ2) is 10.4. The number of piperidine rings is 2. The third-order valence-corrected chi connectivity index (χ3v) is 10.7. The summed E-state index contributed by atoms with van der Waals surface area (Å²) in [6, 6.07) is 21.7. The van der Waals surface area contributed by atoms with Crippen molar-refractivity contribution in [1.29, 1.82) is 0 Å². The minimum atomic E-state index is -0.269. The van der Waals surface area contributed by atoms with Crippen LogP contribution in [-0.2, 0) is 10.2 Å². The zero-order chi connectivity index (χ0) is 27.2. The summed E-state index contributed by atoms with van der Waals surface area (Å²) < 4.78 is 2.54. The molecule has 3 aromatic rings. The summed E-state index contributed by atoms with van der Waals surface area (Å²) >= 11 is 0. The summed E-state index contributed by atoms with van der Waals surface area (Å²) in [5.41, 5.74) is 3.77. The number of hydrogen-bond acceptors (Lipinski definition) is 3. The number of para-hydroxylation sites is 2. The van der Waals surface area contributed by atoms with Crippen molar-refractivity contribution in [3.05, 3.63) is 66.0 Å². The molecule has 5 heteroatoms. The summed E-state index contributed by atoms with van der Waals surface area (Å²) in [7, 11) is 0. The van der Waals surface area contributed by atoms with Crippen LogP contribution in [0, 0.1) is 12.3 Å². The van der Waals surface area contributed by atoms with Crippen molar-refractivity contribution >= 4 is 16.9 Å². The first-order valence-corrected chi connectivity index (χ1v) is 15.4. The minimum Gasteiger partial charge on any atom is -0.342 e. The van der Waals surface area contributed by atoms with Crippen LogP contribution in [0.1, 0.15) is 89.6 Å². The molecule has 5 nitrogen and oxygen atoms in total. The number of carbonyl (C=O) groups excluding carboxylic acids is 1. The van der Waals surface area contributed by atoms with E-state index in [-0.39, 0.29) is 10.8 Å². The van der Waals surface area contributed by atoms with Gasteiger partial charge in [0.05, 0.1) is 11.0 Å². The Morgan fingerprint density at radius 1 is 0.949 bits per heavy atom. The number of nitrogens with zero attached hydrogens (tertiary/aromatic N) is 4. The maximum atomic E-state index is 13.2. The molecule has 2 bridgehead atoms. The molecule has 3 aliphatic heterocycles. The highest BCUT2D eigenvalue weighted by atomic mass is 16.2. The molecule has 3 atom stereocenters. The Bertz CT molecular complexity index is 1290. The van der Waals surface area contributed by atoms with Gasteiger partial charge in [-0.05, 0) is 87.9 Å². The van der Waals surface area contributed by atoms with E-state index < -0.39 is 0 Å². The summed E-state index contributed by atoms with van der Waals surface area (Å²) in [4.78, 5) is 23.1. The van der Waals surface area contributed by atoms with Crippen molar-refractivity contribution in [2.24, 2.45) is 5.41 Å². The highest BCUT2D eigenvalue weighted by molar-refractivity contribution is 5.82. The summed E-state index contributed by atoms with van der Waals surface area (Å²) in [5, 5.41) is 0. The molecule has 3 saturated heterocycles. The highest BCUT2D eigenvalue weighted by Crippen LogP contribution is 2.45. The molecule has 3 aliphatic rings. The minimum absolute atomic E-state index is 0.155. The Hall–Kier alpha value is -2.66. The molecule has 208 valence electrons. The number of aromatic nitrogens is 2. The van der Waals surface area contributed by atoms with Gasteiger partial charge in [0.2, 0.25) is 5.91 Å². The van der Waals surface area contributed by atoms with E-state index in [4.69, 9.17) is 4.98 Å². The van der Waals surface area contributed by atoms with E-state index in [2.05, 4.69) is 96.7 Å². The monoisotopic (exact) mass is 526 g/mol. The summed E-state index contributed by atoms with van der Waals surface area (Å²) in [6.07, 6.45) is 9.29. The van der Waals surface area contributed by atoms with Crippen LogP contribution in [0.3, 0.4) is 0 Å². The van der Waals surface area contributed by atoms with Crippen molar-refractivity contribution in [3.8, 4) is 0 Å². The molecule has 0 unspecified atom stereocenters. The van der Waals surface area contributed by atoms with Crippen molar-refractivity contribution in [3.63, 3.8) is 0 Å². The molecule has 4 heterocycles. The standard InChI is InChI=1S/C34H46N4O/c1-5-33(3,4)32(39)36-20-17-34(18-21-36,26-11-7-6-8-12-26)19-22-37-27-15-16-28(37)24-29(23-27)38-25(2)35-30-13-9-10-14-31(30)38/h6-14,27-29H,5,15-24H2,1-4H3/t27-,28+,29+. The van der Waals surface area contributed by atoms with Crippen LogP contribution >= 0.6 is 0 Å². The number of likely N-dealkylation sites (tertiary alicyclic amines) is 1. The van der Waals surface area contributed by atoms with Crippen LogP contribution in [-0.4, -0.2) is 57.0 Å². The molecule has 1 aromatic heterocycles. The van der Waals surface area contributed by atoms with Crippen LogP contribution in [0.5, 0.6) is 0 Å². The number of amides is 1. The first kappa shape index (κ1) is 26.6. The zero-order valence-corrected chi connectivity index (χ0v) is 24.4. The number of benzene rings is 2. The average molecular weight is 527 g/mol. The fourth-order valence-electron chi connectivity index (χ4n) is 7.98. The van der Waals surface area contributed by atoms with Crippen LogP contribution in [0.25, 0.3) is 11.0 Å². The Morgan fingerprint density at radius 2 is 1.59 bits per heavy atom. The van der Waals surface area contributed by atoms with E-state index in [9.17, 15) is 4.79 Å². The fourth-order valence-corrected chi connectivity index (χ4v) is 7.98. The molecule has 0 saturated carbocycles. The lowest BCUT2D eigenvalue weighted by molar-refractivity contribution is -0.142. The second-order valence-corrected chi connectivity index (χ2v) is 13.2. The lowest BCUT2D eigenvalue weighted by atomic mass is 9.70. The number of hydrogen-bond donors (Lipinski definition) is 0. The Morgan fingerprint density at radius 3 is 2.26 bits per heavy atom. The molecule has 3 fully saturated rings. The average Bonchev–Trinajstić information content (AvgIpc) is 3.42. The Labute approximate surface area is 234 Å². The van der Waals surface area contributed by atoms with Gasteiger partial charge in [0.15, 0.2) is 0 Å². The molecule has 1 amide bonds. The van der Waals surface area contributed by atoms with Gasteiger partial charge in [-0.3, -0.25) is 9.69 Å².